The molecule has 6 nitrogen and oxygen atoms in total. The van der Waals surface area contributed by atoms with E-state index in [1.54, 1.807) is 44.0 Å². The van der Waals surface area contributed by atoms with E-state index in [1.165, 1.54) is 13.2 Å². The predicted octanol–water partition coefficient (Wildman–Crippen LogP) is 6.26. The lowest BCUT2D eigenvalue weighted by Crippen LogP contribution is -2.30. The first kappa shape index (κ1) is 26.9. The summed E-state index contributed by atoms with van der Waals surface area (Å²) in [6.45, 7) is 5.96. The molecule has 2 heterocycles. The van der Waals surface area contributed by atoms with Gasteiger partial charge in [-0.05, 0) is 45.0 Å². The first-order valence-corrected chi connectivity index (χ1v) is 12.1. The summed E-state index contributed by atoms with van der Waals surface area (Å²) in [5.41, 5.74) is 1.80. The maximum atomic E-state index is 14.1. The van der Waals surface area contributed by atoms with Crippen LogP contribution >= 0.6 is 0 Å². The molecule has 1 aliphatic heterocycles. The summed E-state index contributed by atoms with van der Waals surface area (Å²) in [7, 11) is 3.15. The van der Waals surface area contributed by atoms with Gasteiger partial charge in [0.2, 0.25) is 0 Å². The number of rotatable bonds is 8. The molecule has 0 radical (unpaired) electrons. The number of benzene rings is 2. The number of nitrogens with zero attached hydrogens (tertiary/aromatic N) is 3. The number of hydrogen-bond acceptors (Lipinski definition) is 6. The quantitative estimate of drug-likeness (QED) is 0.354. The normalized spacial score (nSPS) is 18.7. The van der Waals surface area contributed by atoms with Gasteiger partial charge in [0, 0.05) is 36.4 Å². The van der Waals surface area contributed by atoms with Crippen LogP contribution in [0.1, 0.15) is 48.8 Å². The average molecular weight is 521 g/mol. The van der Waals surface area contributed by atoms with Crippen molar-refractivity contribution in [3.8, 4) is 11.5 Å². The van der Waals surface area contributed by atoms with E-state index < -0.39 is 17.9 Å². The molecule has 1 saturated heterocycles. The SMILES string of the molecule is COc1cc2nc(C)nc(N[C@H](C)c3cccc(C(C)(F)F)c3C)c2cc1OC[C@@H]1CC(F)(F)CN1C. The van der Waals surface area contributed by atoms with Crippen LogP contribution in [0.3, 0.4) is 0 Å². The lowest BCUT2D eigenvalue weighted by Gasteiger charge is -2.23. The summed E-state index contributed by atoms with van der Waals surface area (Å²) in [5, 5.41) is 3.97. The van der Waals surface area contributed by atoms with Crippen molar-refractivity contribution < 1.29 is 27.0 Å². The molecule has 1 N–H and O–H groups in total. The molecule has 0 saturated carbocycles. The van der Waals surface area contributed by atoms with Crippen molar-refractivity contribution in [2.75, 3.05) is 32.6 Å². The van der Waals surface area contributed by atoms with E-state index >= 15 is 0 Å². The smallest absolute Gasteiger partial charge is 0.270 e. The van der Waals surface area contributed by atoms with Crippen LogP contribution in [-0.4, -0.2) is 54.1 Å². The van der Waals surface area contributed by atoms with Gasteiger partial charge >= 0.3 is 0 Å². The van der Waals surface area contributed by atoms with Crippen LogP contribution in [0.5, 0.6) is 11.5 Å². The molecule has 0 spiro atoms. The molecule has 1 fully saturated rings. The van der Waals surface area contributed by atoms with Gasteiger partial charge in [-0.15, -0.1) is 0 Å². The maximum absolute atomic E-state index is 14.1. The number of aromatic nitrogens is 2. The van der Waals surface area contributed by atoms with Gasteiger partial charge in [-0.25, -0.2) is 27.5 Å². The fraction of sp³-hybridized carbons (Fsp3) is 0.481. The number of anilines is 1. The van der Waals surface area contributed by atoms with Gasteiger partial charge in [0.15, 0.2) is 11.5 Å². The molecular weight excluding hydrogens is 488 g/mol. The minimum Gasteiger partial charge on any atom is -0.493 e. The minimum atomic E-state index is -2.96. The lowest BCUT2D eigenvalue weighted by molar-refractivity contribution is 0.0135. The Hall–Kier alpha value is -3.14. The maximum Gasteiger partial charge on any atom is 0.270 e. The highest BCUT2D eigenvalue weighted by Crippen LogP contribution is 2.38. The van der Waals surface area contributed by atoms with E-state index in [2.05, 4.69) is 15.3 Å². The second-order valence-electron chi connectivity index (χ2n) is 9.85. The number of halogens is 4. The monoisotopic (exact) mass is 520 g/mol. The Kier molecular flexibility index (Phi) is 7.25. The summed E-state index contributed by atoms with van der Waals surface area (Å²) in [6.07, 6.45) is -0.277. The van der Waals surface area contributed by atoms with Crippen molar-refractivity contribution in [2.24, 2.45) is 0 Å². The van der Waals surface area contributed by atoms with E-state index in [-0.39, 0.29) is 31.2 Å². The van der Waals surface area contributed by atoms with Gasteiger partial charge in [-0.3, -0.25) is 4.90 Å². The van der Waals surface area contributed by atoms with E-state index in [9.17, 15) is 17.6 Å². The number of alkyl halides is 4. The summed E-state index contributed by atoms with van der Waals surface area (Å²) < 4.78 is 67.3. The molecule has 2 atom stereocenters. The van der Waals surface area contributed by atoms with Crippen LogP contribution in [-0.2, 0) is 5.92 Å². The topological polar surface area (TPSA) is 59.5 Å². The van der Waals surface area contributed by atoms with E-state index in [0.717, 1.165) is 12.5 Å². The number of nitrogens with one attached hydrogen (secondary N) is 1. The zero-order valence-corrected chi connectivity index (χ0v) is 21.8. The number of methoxy groups -OCH3 is 1. The fourth-order valence-corrected chi connectivity index (χ4v) is 4.95. The highest BCUT2D eigenvalue weighted by Gasteiger charge is 2.43. The standard InChI is InChI=1S/C27H32F4N4O2/c1-15-19(8-7-9-21(15)26(4,28)29)16(2)32-25-20-10-24(23(36-6)11-22(20)33-17(3)34-25)37-13-18-12-27(30,31)14-35(18)5/h7-11,16,18H,12-14H2,1-6H3,(H,32,33,34)/t16-,18+/m1/s1. The minimum absolute atomic E-state index is 0.0229. The molecule has 10 heteroatoms. The van der Waals surface area contributed by atoms with Crippen molar-refractivity contribution in [3.63, 3.8) is 0 Å². The van der Waals surface area contributed by atoms with E-state index in [0.29, 0.717) is 39.6 Å². The number of likely N-dealkylation sites (tertiary alicyclic amines) is 1. The Morgan fingerprint density at radius 2 is 1.92 bits per heavy atom. The van der Waals surface area contributed by atoms with Crippen molar-refractivity contribution in [1.82, 2.24) is 14.9 Å². The van der Waals surface area contributed by atoms with Gasteiger partial charge in [0.05, 0.1) is 25.2 Å². The lowest BCUT2D eigenvalue weighted by atomic mass is 9.94. The van der Waals surface area contributed by atoms with Gasteiger partial charge in [0.25, 0.3) is 11.8 Å². The van der Waals surface area contributed by atoms with Crippen LogP contribution in [0.4, 0.5) is 23.4 Å². The third-order valence-corrected chi connectivity index (χ3v) is 6.83. The molecule has 3 aromatic rings. The Morgan fingerprint density at radius 3 is 2.54 bits per heavy atom. The Labute approximate surface area is 214 Å². The Bertz CT molecular complexity index is 1300. The second kappa shape index (κ2) is 9.96. The Balaban J connectivity index is 1.66. The molecule has 4 rings (SSSR count). The highest BCUT2D eigenvalue weighted by atomic mass is 19.3. The van der Waals surface area contributed by atoms with Crippen LogP contribution in [0.15, 0.2) is 30.3 Å². The molecule has 0 unspecified atom stereocenters. The van der Waals surface area contributed by atoms with E-state index in [4.69, 9.17) is 9.47 Å². The van der Waals surface area contributed by atoms with Crippen molar-refractivity contribution >= 4 is 16.7 Å². The van der Waals surface area contributed by atoms with Crippen molar-refractivity contribution in [1.29, 1.82) is 0 Å². The average Bonchev–Trinajstić information content (AvgIpc) is 3.07. The van der Waals surface area contributed by atoms with Crippen LogP contribution in [0.2, 0.25) is 0 Å². The molecule has 37 heavy (non-hydrogen) atoms. The van der Waals surface area contributed by atoms with Crippen molar-refractivity contribution in [2.45, 2.75) is 58.0 Å². The van der Waals surface area contributed by atoms with Gasteiger partial charge in [-0.1, -0.05) is 18.2 Å². The molecular formula is C27H32F4N4O2. The molecule has 0 amide bonds. The molecule has 1 aliphatic rings. The highest BCUT2D eigenvalue weighted by molar-refractivity contribution is 5.92. The third kappa shape index (κ3) is 5.74. The number of fused-ring (bicyclic) bond motifs is 1. The summed E-state index contributed by atoms with van der Waals surface area (Å²) in [6, 6.07) is 7.52. The Morgan fingerprint density at radius 1 is 1.19 bits per heavy atom. The number of likely N-dealkylation sites (N-methyl/N-ethyl adjacent to an activating group) is 1. The van der Waals surface area contributed by atoms with Gasteiger partial charge in [-0.2, -0.15) is 0 Å². The predicted molar refractivity (Wildman–Crippen MR) is 135 cm³/mol. The molecule has 2 aromatic carbocycles. The van der Waals surface area contributed by atoms with Crippen LogP contribution in [0.25, 0.3) is 10.9 Å². The van der Waals surface area contributed by atoms with Crippen molar-refractivity contribution in [3.05, 3.63) is 52.8 Å². The molecule has 0 aliphatic carbocycles. The third-order valence-electron chi connectivity index (χ3n) is 6.83. The zero-order valence-electron chi connectivity index (χ0n) is 21.8. The largest absolute Gasteiger partial charge is 0.493 e. The fourth-order valence-electron chi connectivity index (χ4n) is 4.95. The second-order valence-corrected chi connectivity index (χ2v) is 9.85. The van der Waals surface area contributed by atoms with E-state index in [1.807, 2.05) is 13.0 Å². The molecule has 1 aromatic heterocycles. The first-order valence-electron chi connectivity index (χ1n) is 12.1. The summed E-state index contributed by atoms with van der Waals surface area (Å²) in [5.74, 6) is -3.89. The van der Waals surface area contributed by atoms with Gasteiger partial charge in [0.1, 0.15) is 18.2 Å². The number of aryl methyl sites for hydroxylation is 1. The first-order chi connectivity index (χ1) is 17.3. The summed E-state index contributed by atoms with van der Waals surface area (Å²) in [4.78, 5) is 10.7. The zero-order chi connectivity index (χ0) is 27.1. The summed E-state index contributed by atoms with van der Waals surface area (Å²) >= 11 is 0. The van der Waals surface area contributed by atoms with Gasteiger partial charge < -0.3 is 14.8 Å². The molecule has 0 bridgehead atoms. The molecule has 200 valence electrons. The van der Waals surface area contributed by atoms with Crippen LogP contribution in [0, 0.1) is 13.8 Å². The number of ether oxygens (including phenoxy) is 2. The number of hydrogen-bond donors (Lipinski definition) is 1. The van der Waals surface area contributed by atoms with Crippen LogP contribution < -0.4 is 14.8 Å².